The third-order valence-electron chi connectivity index (χ3n) is 4.59. The molecule has 2 fully saturated rings. The van der Waals surface area contributed by atoms with E-state index < -0.39 is 0 Å². The predicted molar refractivity (Wildman–Crippen MR) is 83.1 cm³/mol. The van der Waals surface area contributed by atoms with Crippen LogP contribution in [0.25, 0.3) is 0 Å². The Labute approximate surface area is 122 Å². The highest BCUT2D eigenvalue weighted by Crippen LogP contribution is 2.36. The summed E-state index contributed by atoms with van der Waals surface area (Å²) in [5.74, 6) is 1.85. The molecule has 1 aromatic rings. The van der Waals surface area contributed by atoms with Crippen LogP contribution in [0.15, 0.2) is 24.3 Å². The lowest BCUT2D eigenvalue weighted by Gasteiger charge is -2.31. The van der Waals surface area contributed by atoms with Gasteiger partial charge in [0.1, 0.15) is 5.75 Å². The normalized spacial score (nSPS) is 21.6. The third kappa shape index (κ3) is 3.54. The number of hydrogen-bond donors (Lipinski definition) is 1. The van der Waals surface area contributed by atoms with Crippen LogP contribution in [0.5, 0.6) is 5.75 Å². The molecule has 0 bridgehead atoms. The van der Waals surface area contributed by atoms with Gasteiger partial charge in [-0.2, -0.15) is 0 Å². The van der Waals surface area contributed by atoms with Gasteiger partial charge in [-0.1, -0.05) is 38.3 Å². The van der Waals surface area contributed by atoms with Gasteiger partial charge in [-0.05, 0) is 55.8 Å². The minimum atomic E-state index is 0.484. The largest absolute Gasteiger partial charge is 0.490 e. The van der Waals surface area contributed by atoms with E-state index >= 15 is 0 Å². The Morgan fingerprint density at radius 2 is 1.95 bits per heavy atom. The Kier molecular flexibility index (Phi) is 4.62. The highest BCUT2D eigenvalue weighted by atomic mass is 16.5. The van der Waals surface area contributed by atoms with Crippen LogP contribution in [0, 0.1) is 5.92 Å². The average molecular weight is 273 g/mol. The predicted octanol–water partition coefficient (Wildman–Crippen LogP) is 4.46. The summed E-state index contributed by atoms with van der Waals surface area (Å²) in [5, 5.41) is 3.71. The van der Waals surface area contributed by atoms with Crippen molar-refractivity contribution in [2.45, 2.75) is 64.0 Å². The molecule has 3 rings (SSSR count). The molecule has 2 aliphatic carbocycles. The number of ether oxygens (including phenoxy) is 1. The topological polar surface area (TPSA) is 21.3 Å². The maximum absolute atomic E-state index is 5.95. The highest BCUT2D eigenvalue weighted by molar-refractivity contribution is 5.31. The van der Waals surface area contributed by atoms with E-state index in [9.17, 15) is 0 Å². The van der Waals surface area contributed by atoms with Crippen LogP contribution in [-0.4, -0.2) is 12.6 Å². The van der Waals surface area contributed by atoms with E-state index in [1.165, 1.54) is 50.5 Å². The fraction of sp³-hybridized carbons (Fsp3) is 0.667. The lowest BCUT2D eigenvalue weighted by molar-refractivity contribution is 0.272. The summed E-state index contributed by atoms with van der Waals surface area (Å²) in [4.78, 5) is 0. The molecule has 1 N–H and O–H groups in total. The Hall–Kier alpha value is -1.02. The Morgan fingerprint density at radius 3 is 2.65 bits per heavy atom. The Morgan fingerprint density at radius 1 is 1.15 bits per heavy atom. The summed E-state index contributed by atoms with van der Waals surface area (Å²) in [5.41, 5.74) is 1.41. The molecular formula is C18H27NO. The molecule has 0 saturated heterocycles. The molecule has 0 aromatic heterocycles. The zero-order chi connectivity index (χ0) is 13.8. The van der Waals surface area contributed by atoms with Gasteiger partial charge in [-0.25, -0.2) is 0 Å². The minimum absolute atomic E-state index is 0.484. The van der Waals surface area contributed by atoms with Crippen molar-refractivity contribution in [1.29, 1.82) is 0 Å². The fourth-order valence-corrected chi connectivity index (χ4v) is 3.40. The summed E-state index contributed by atoms with van der Waals surface area (Å²) in [6, 6.07) is 9.29. The molecule has 2 aliphatic rings. The molecule has 0 heterocycles. The molecule has 0 amide bonds. The lowest BCUT2D eigenvalue weighted by Crippen LogP contribution is -2.29. The first-order chi connectivity index (χ1) is 9.86. The first kappa shape index (κ1) is 13.9. The molecule has 2 nitrogen and oxygen atoms in total. The van der Waals surface area contributed by atoms with Crippen LogP contribution in [0.3, 0.4) is 0 Å². The van der Waals surface area contributed by atoms with Crippen molar-refractivity contribution in [1.82, 2.24) is 5.32 Å². The summed E-state index contributed by atoms with van der Waals surface area (Å²) in [6.45, 7) is 3.25. The molecular weight excluding hydrogens is 246 g/mol. The Balaban J connectivity index is 1.74. The monoisotopic (exact) mass is 273 g/mol. The van der Waals surface area contributed by atoms with Crippen LogP contribution < -0.4 is 10.1 Å². The van der Waals surface area contributed by atoms with Gasteiger partial charge in [0.05, 0.1) is 6.10 Å². The molecule has 0 aliphatic heterocycles. The molecule has 1 unspecified atom stereocenters. The van der Waals surface area contributed by atoms with E-state index in [1.54, 1.807) is 0 Å². The molecule has 20 heavy (non-hydrogen) atoms. The van der Waals surface area contributed by atoms with Crippen LogP contribution in [-0.2, 0) is 0 Å². The van der Waals surface area contributed by atoms with Gasteiger partial charge in [0.15, 0.2) is 0 Å². The van der Waals surface area contributed by atoms with Crippen LogP contribution >= 0.6 is 0 Å². The van der Waals surface area contributed by atoms with Crippen molar-refractivity contribution in [3.63, 3.8) is 0 Å². The van der Waals surface area contributed by atoms with E-state index in [0.717, 1.165) is 18.2 Å². The Bertz CT molecular complexity index is 421. The first-order valence-corrected chi connectivity index (χ1v) is 8.37. The highest BCUT2D eigenvalue weighted by Gasteiger charge is 2.26. The van der Waals surface area contributed by atoms with E-state index in [0.29, 0.717) is 12.1 Å². The van der Waals surface area contributed by atoms with Crippen LogP contribution in [0.4, 0.5) is 0 Å². The number of benzene rings is 1. The average Bonchev–Trinajstić information content (AvgIpc) is 3.30. The van der Waals surface area contributed by atoms with Gasteiger partial charge < -0.3 is 10.1 Å². The molecule has 0 radical (unpaired) electrons. The second kappa shape index (κ2) is 6.62. The van der Waals surface area contributed by atoms with Crippen molar-refractivity contribution in [3.05, 3.63) is 29.8 Å². The SMILES string of the molecule is CCNC(c1cccc(OC2CC2)c1)C1CCCCC1. The van der Waals surface area contributed by atoms with Gasteiger partial charge >= 0.3 is 0 Å². The van der Waals surface area contributed by atoms with Crippen LogP contribution in [0.1, 0.15) is 63.5 Å². The maximum Gasteiger partial charge on any atom is 0.120 e. The molecule has 110 valence electrons. The van der Waals surface area contributed by atoms with E-state index in [-0.39, 0.29) is 0 Å². The smallest absolute Gasteiger partial charge is 0.120 e. The van der Waals surface area contributed by atoms with Gasteiger partial charge in [0, 0.05) is 6.04 Å². The zero-order valence-corrected chi connectivity index (χ0v) is 12.6. The minimum Gasteiger partial charge on any atom is -0.490 e. The second-order valence-corrected chi connectivity index (χ2v) is 6.32. The quantitative estimate of drug-likeness (QED) is 0.826. The van der Waals surface area contributed by atoms with Gasteiger partial charge in [0.25, 0.3) is 0 Å². The molecule has 1 aromatic carbocycles. The van der Waals surface area contributed by atoms with Crippen LogP contribution in [0.2, 0.25) is 0 Å². The summed E-state index contributed by atoms with van der Waals surface area (Å²) in [7, 11) is 0. The second-order valence-electron chi connectivity index (χ2n) is 6.32. The van der Waals surface area contributed by atoms with E-state index in [1.807, 2.05) is 0 Å². The molecule has 2 heteroatoms. The van der Waals surface area contributed by atoms with Crippen molar-refractivity contribution >= 4 is 0 Å². The number of hydrogen-bond acceptors (Lipinski definition) is 2. The molecule has 2 saturated carbocycles. The van der Waals surface area contributed by atoms with Crippen molar-refractivity contribution in [2.24, 2.45) is 5.92 Å². The summed E-state index contributed by atoms with van der Waals surface area (Å²) >= 11 is 0. The maximum atomic E-state index is 5.95. The van der Waals surface area contributed by atoms with Crippen molar-refractivity contribution in [3.8, 4) is 5.75 Å². The first-order valence-electron chi connectivity index (χ1n) is 8.37. The van der Waals surface area contributed by atoms with Gasteiger partial charge in [0.2, 0.25) is 0 Å². The van der Waals surface area contributed by atoms with E-state index in [2.05, 4.69) is 36.5 Å². The zero-order valence-electron chi connectivity index (χ0n) is 12.6. The van der Waals surface area contributed by atoms with Crippen molar-refractivity contribution < 1.29 is 4.74 Å². The van der Waals surface area contributed by atoms with Gasteiger partial charge in [-0.15, -0.1) is 0 Å². The summed E-state index contributed by atoms with van der Waals surface area (Å²) in [6.07, 6.45) is 9.87. The number of nitrogens with one attached hydrogen (secondary N) is 1. The molecule has 0 spiro atoms. The van der Waals surface area contributed by atoms with Crippen molar-refractivity contribution in [2.75, 3.05) is 6.54 Å². The standard InChI is InChI=1S/C18H27NO/c1-2-19-18(14-7-4-3-5-8-14)15-9-6-10-17(13-15)20-16-11-12-16/h6,9-10,13-14,16,18-19H,2-5,7-8,11-12H2,1H3. The summed E-state index contributed by atoms with van der Waals surface area (Å²) < 4.78 is 5.95. The third-order valence-corrected chi connectivity index (χ3v) is 4.59. The van der Waals surface area contributed by atoms with E-state index in [4.69, 9.17) is 4.74 Å². The fourth-order valence-electron chi connectivity index (χ4n) is 3.40. The lowest BCUT2D eigenvalue weighted by atomic mass is 9.81. The number of rotatable bonds is 6. The molecule has 1 atom stereocenters. The van der Waals surface area contributed by atoms with Gasteiger partial charge in [-0.3, -0.25) is 0 Å².